The Morgan fingerprint density at radius 1 is 1.26 bits per heavy atom. The van der Waals surface area contributed by atoms with Gasteiger partial charge < -0.3 is 14.8 Å². The van der Waals surface area contributed by atoms with E-state index in [1.165, 1.54) is 16.5 Å². The molecule has 1 aliphatic heterocycles. The smallest absolute Gasteiger partial charge is 0.148 e. The number of nitrogens with one attached hydrogen (secondary N) is 2. The summed E-state index contributed by atoms with van der Waals surface area (Å²) in [7, 11) is 0. The quantitative estimate of drug-likeness (QED) is 0.402. The molecule has 3 aromatic heterocycles. The summed E-state index contributed by atoms with van der Waals surface area (Å²) in [6, 6.07) is 3.21. The monoisotopic (exact) mass is 496 g/mol. The van der Waals surface area contributed by atoms with Gasteiger partial charge in [0.05, 0.1) is 48.3 Å². The molecular weight excluding hydrogens is 467 g/mol. The van der Waals surface area contributed by atoms with Gasteiger partial charge in [-0.2, -0.15) is 5.10 Å². The van der Waals surface area contributed by atoms with Gasteiger partial charge in [0.25, 0.3) is 0 Å². The average Bonchev–Trinajstić information content (AvgIpc) is 3.42. The average molecular weight is 497 g/mol. The summed E-state index contributed by atoms with van der Waals surface area (Å²) in [5.74, 6) is 0.787. The third-order valence-corrected chi connectivity index (χ3v) is 8.01. The maximum Gasteiger partial charge on any atom is 0.148 e. The molecule has 4 heterocycles. The van der Waals surface area contributed by atoms with Gasteiger partial charge in [-0.1, -0.05) is 0 Å². The lowest BCUT2D eigenvalue weighted by molar-refractivity contribution is -0.103. The lowest BCUT2D eigenvalue weighted by atomic mass is 9.88. The number of nitrogens with zero attached hydrogens (tertiary/aromatic N) is 4. The zero-order valence-corrected chi connectivity index (χ0v) is 20.7. The molecule has 0 spiro atoms. The number of aromatic amines is 1. The van der Waals surface area contributed by atoms with Crippen molar-refractivity contribution in [1.29, 1.82) is 0 Å². The Morgan fingerprint density at radius 2 is 2.11 bits per heavy atom. The minimum atomic E-state index is -0.348. The Kier molecular flexibility index (Phi) is 6.13. The zero-order chi connectivity index (χ0) is 23.9. The number of halogens is 1. The van der Waals surface area contributed by atoms with Gasteiger partial charge in [0.1, 0.15) is 22.8 Å². The molecule has 4 aromatic rings. The minimum Gasteiger partial charge on any atom is -0.373 e. The van der Waals surface area contributed by atoms with E-state index in [1.54, 1.807) is 29.9 Å². The summed E-state index contributed by atoms with van der Waals surface area (Å²) >= 11 is 1.72. The number of aromatic nitrogens is 4. The van der Waals surface area contributed by atoms with Crippen molar-refractivity contribution in [3.8, 4) is 0 Å². The van der Waals surface area contributed by atoms with Crippen molar-refractivity contribution in [2.45, 2.75) is 45.3 Å². The van der Waals surface area contributed by atoms with Gasteiger partial charge in [0.2, 0.25) is 0 Å². The molecule has 6 rings (SSSR count). The largest absolute Gasteiger partial charge is 0.373 e. The van der Waals surface area contributed by atoms with Crippen molar-refractivity contribution < 1.29 is 13.9 Å². The number of thiophene rings is 1. The number of fused-ring (bicyclic) bond motifs is 4. The van der Waals surface area contributed by atoms with Crippen molar-refractivity contribution in [2.24, 2.45) is 5.92 Å². The molecule has 2 aliphatic rings. The molecule has 3 unspecified atom stereocenters. The van der Waals surface area contributed by atoms with E-state index < -0.39 is 0 Å². The molecule has 35 heavy (non-hydrogen) atoms. The van der Waals surface area contributed by atoms with Crippen LogP contribution >= 0.6 is 11.3 Å². The second-order valence-electron chi connectivity index (χ2n) is 9.72. The first kappa shape index (κ1) is 22.8. The zero-order valence-electron chi connectivity index (χ0n) is 19.9. The number of aryl methyl sites for hydroxylation is 1. The number of H-pyrrole nitrogens is 1. The lowest BCUT2D eigenvalue weighted by Gasteiger charge is -2.35. The molecule has 1 aliphatic carbocycles. The van der Waals surface area contributed by atoms with E-state index >= 15 is 0 Å². The number of morpholine rings is 1. The van der Waals surface area contributed by atoms with Crippen LogP contribution < -0.4 is 5.32 Å². The standard InChI is InChI=1S/C25H29FN6O2S/c1-14-9-32(10-15(2)34-14)13-33-11-16-3-4-18-22(5-16)35-25-23(18)24(27-12-28-25)30-21-6-17-8-29-31-20(17)7-19(21)26/h6-8,12,14-16H,3-5,9-11,13H2,1-2H3,(H,29,31)(H,27,28,30). The highest BCUT2D eigenvalue weighted by Crippen LogP contribution is 2.40. The van der Waals surface area contributed by atoms with Crippen LogP contribution in [0.3, 0.4) is 0 Å². The Balaban J connectivity index is 1.16. The van der Waals surface area contributed by atoms with Gasteiger partial charge in [0, 0.05) is 29.4 Å². The Hall–Kier alpha value is -2.66. The van der Waals surface area contributed by atoms with Crippen LogP contribution in [0.5, 0.6) is 0 Å². The molecule has 1 saturated heterocycles. The Morgan fingerprint density at radius 3 is 2.97 bits per heavy atom. The van der Waals surface area contributed by atoms with Crippen LogP contribution in [0, 0.1) is 11.7 Å². The molecule has 3 atom stereocenters. The topological polar surface area (TPSA) is 88.2 Å². The molecule has 0 saturated carbocycles. The summed E-state index contributed by atoms with van der Waals surface area (Å²) in [5.41, 5.74) is 2.33. The van der Waals surface area contributed by atoms with Gasteiger partial charge >= 0.3 is 0 Å². The van der Waals surface area contributed by atoms with Gasteiger partial charge in [-0.3, -0.25) is 10.00 Å². The second-order valence-corrected chi connectivity index (χ2v) is 10.8. The molecule has 1 aromatic carbocycles. The van der Waals surface area contributed by atoms with Crippen LogP contribution in [0.4, 0.5) is 15.9 Å². The highest BCUT2D eigenvalue weighted by atomic mass is 32.1. The molecule has 2 N–H and O–H groups in total. The first-order chi connectivity index (χ1) is 17.0. The van der Waals surface area contributed by atoms with Crippen LogP contribution in [0.25, 0.3) is 21.1 Å². The van der Waals surface area contributed by atoms with E-state index in [9.17, 15) is 4.39 Å². The number of benzene rings is 1. The highest BCUT2D eigenvalue weighted by Gasteiger charge is 2.27. The molecule has 0 radical (unpaired) electrons. The van der Waals surface area contributed by atoms with Crippen LogP contribution in [-0.2, 0) is 22.3 Å². The van der Waals surface area contributed by atoms with E-state index in [4.69, 9.17) is 9.47 Å². The summed E-state index contributed by atoms with van der Waals surface area (Å²) < 4.78 is 26.7. The molecule has 10 heteroatoms. The molecule has 0 bridgehead atoms. The Bertz CT molecular complexity index is 1350. The lowest BCUT2D eigenvalue weighted by Crippen LogP contribution is -2.46. The SMILES string of the molecule is CC1CN(COCC2CCc3c(sc4ncnc(Nc5cc6cn[nH]c6cc5F)c34)C2)CC(C)O1. The third-order valence-electron chi connectivity index (χ3n) is 6.85. The van der Waals surface area contributed by atoms with Crippen LogP contribution in [0.15, 0.2) is 24.7 Å². The molecule has 0 amide bonds. The van der Waals surface area contributed by atoms with Gasteiger partial charge in [-0.25, -0.2) is 14.4 Å². The van der Waals surface area contributed by atoms with Crippen molar-refractivity contribution >= 4 is 44.0 Å². The fourth-order valence-electron chi connectivity index (χ4n) is 5.34. The van der Waals surface area contributed by atoms with Crippen LogP contribution in [0.2, 0.25) is 0 Å². The predicted octanol–water partition coefficient (Wildman–Crippen LogP) is 4.64. The van der Waals surface area contributed by atoms with Crippen molar-refractivity contribution in [2.75, 3.05) is 31.7 Å². The molecule has 8 nitrogen and oxygen atoms in total. The van der Waals surface area contributed by atoms with Gasteiger partial charge in [-0.05, 0) is 50.7 Å². The van der Waals surface area contributed by atoms with Gasteiger partial charge in [-0.15, -0.1) is 11.3 Å². The highest BCUT2D eigenvalue weighted by molar-refractivity contribution is 7.19. The fraction of sp³-hybridized carbons (Fsp3) is 0.480. The molecule has 184 valence electrons. The van der Waals surface area contributed by atoms with E-state index in [0.717, 1.165) is 54.6 Å². The summed E-state index contributed by atoms with van der Waals surface area (Å²) in [6.45, 7) is 7.46. The van der Waals surface area contributed by atoms with E-state index in [0.29, 0.717) is 29.7 Å². The minimum absolute atomic E-state index is 0.247. The number of ether oxygens (including phenoxy) is 2. The maximum atomic E-state index is 14.7. The van der Waals surface area contributed by atoms with E-state index in [2.05, 4.69) is 44.2 Å². The van der Waals surface area contributed by atoms with E-state index in [1.807, 2.05) is 0 Å². The summed E-state index contributed by atoms with van der Waals surface area (Å²) in [4.78, 5) is 13.6. The Labute approximate surface area is 206 Å². The van der Waals surface area contributed by atoms with Crippen molar-refractivity contribution in [3.63, 3.8) is 0 Å². The van der Waals surface area contributed by atoms with Crippen LogP contribution in [0.1, 0.15) is 30.7 Å². The summed E-state index contributed by atoms with van der Waals surface area (Å²) in [5, 5.41) is 11.9. The number of anilines is 2. The predicted molar refractivity (Wildman–Crippen MR) is 135 cm³/mol. The number of rotatable bonds is 6. The maximum absolute atomic E-state index is 14.7. The van der Waals surface area contributed by atoms with E-state index in [-0.39, 0.29) is 18.0 Å². The summed E-state index contributed by atoms with van der Waals surface area (Å²) in [6.07, 6.45) is 6.70. The fourth-order valence-corrected chi connectivity index (χ4v) is 6.64. The number of hydrogen-bond donors (Lipinski definition) is 2. The van der Waals surface area contributed by atoms with Crippen molar-refractivity contribution in [1.82, 2.24) is 25.1 Å². The third kappa shape index (κ3) is 4.63. The van der Waals surface area contributed by atoms with Gasteiger partial charge in [0.15, 0.2) is 0 Å². The van der Waals surface area contributed by atoms with Crippen molar-refractivity contribution in [3.05, 3.63) is 40.9 Å². The first-order valence-electron chi connectivity index (χ1n) is 12.1. The molecule has 1 fully saturated rings. The van der Waals surface area contributed by atoms with Crippen LogP contribution in [-0.4, -0.2) is 63.7 Å². The number of hydrogen-bond acceptors (Lipinski definition) is 8. The molecular formula is C25H29FN6O2S. The second kappa shape index (κ2) is 9.42. The first-order valence-corrected chi connectivity index (χ1v) is 13.0. The normalized spacial score (nSPS) is 23.1.